The van der Waals surface area contributed by atoms with Crippen LogP contribution >= 0.6 is 0 Å². The van der Waals surface area contributed by atoms with Gasteiger partial charge in [-0.2, -0.15) is 0 Å². The Morgan fingerprint density at radius 3 is 2.14 bits per heavy atom. The molecule has 1 amide bonds. The predicted molar refractivity (Wildman–Crippen MR) is 221 cm³/mol. The summed E-state index contributed by atoms with van der Waals surface area (Å²) in [4.78, 5) is 59.6. The van der Waals surface area contributed by atoms with E-state index in [1.54, 1.807) is 31.1 Å². The molecule has 5 aliphatic rings. The van der Waals surface area contributed by atoms with Gasteiger partial charge in [0.15, 0.2) is 5.78 Å². The monoisotopic (exact) mass is 789 g/mol. The number of pyridine rings is 1. The molecule has 9 nitrogen and oxygen atoms in total. The number of fused-ring (bicyclic) bond motifs is 7. The lowest BCUT2D eigenvalue weighted by atomic mass is 9.33. The number of ether oxygens (including phenoxy) is 2. The first-order chi connectivity index (χ1) is 26.3. The zero-order valence-corrected chi connectivity index (χ0v) is 37.2. The zero-order chi connectivity index (χ0) is 42.1. The Bertz CT molecular complexity index is 1780. The van der Waals surface area contributed by atoms with Crippen LogP contribution in [0.1, 0.15) is 159 Å². The van der Waals surface area contributed by atoms with Gasteiger partial charge in [-0.1, -0.05) is 59.6 Å². The lowest BCUT2D eigenvalue weighted by Gasteiger charge is -2.72. The Morgan fingerprint density at radius 1 is 0.860 bits per heavy atom. The van der Waals surface area contributed by atoms with Crippen LogP contribution in [-0.4, -0.2) is 57.1 Å². The van der Waals surface area contributed by atoms with Gasteiger partial charge in [0.25, 0.3) is 0 Å². The summed E-state index contributed by atoms with van der Waals surface area (Å²) in [5, 5.41) is 9.65. The molecule has 57 heavy (non-hydrogen) atoms. The smallest absolute Gasteiger partial charge is 0.410 e. The quantitative estimate of drug-likeness (QED) is 0.184. The maximum atomic E-state index is 15.1. The van der Waals surface area contributed by atoms with Gasteiger partial charge in [-0.05, 0) is 156 Å². The van der Waals surface area contributed by atoms with Gasteiger partial charge in [-0.25, -0.2) is 4.79 Å². The molecule has 0 spiro atoms. The fraction of sp³-hybridized carbons (Fsp3) is 0.771. The third-order valence-corrected chi connectivity index (χ3v) is 16.7. The highest BCUT2D eigenvalue weighted by Crippen LogP contribution is 2.77. The Kier molecular flexibility index (Phi) is 11.3. The average molecular weight is 789 g/mol. The van der Waals surface area contributed by atoms with Crippen LogP contribution in [0.4, 0.5) is 4.79 Å². The minimum absolute atomic E-state index is 0.00521. The highest BCUT2D eigenvalue weighted by molar-refractivity contribution is 5.93. The molecule has 0 unspecified atom stereocenters. The number of hydrogen-bond donors (Lipinski definition) is 1. The van der Waals surface area contributed by atoms with E-state index in [2.05, 4.69) is 53.5 Å². The van der Waals surface area contributed by atoms with E-state index in [-0.39, 0.29) is 53.1 Å². The lowest BCUT2D eigenvalue weighted by Crippen LogP contribution is -2.66. The molecule has 1 aromatic heterocycles. The fourth-order valence-corrected chi connectivity index (χ4v) is 13.5. The Balaban J connectivity index is 1.28. The van der Waals surface area contributed by atoms with E-state index in [1.165, 1.54) is 11.1 Å². The third kappa shape index (κ3) is 7.38. The van der Waals surface area contributed by atoms with Crippen molar-refractivity contribution in [3.8, 4) is 0 Å². The van der Waals surface area contributed by atoms with Crippen LogP contribution in [-0.2, 0) is 30.4 Å². The van der Waals surface area contributed by atoms with E-state index in [1.807, 2.05) is 32.9 Å². The van der Waals surface area contributed by atoms with Crippen LogP contribution in [0.25, 0.3) is 0 Å². The number of esters is 1. The van der Waals surface area contributed by atoms with Gasteiger partial charge in [0.2, 0.25) is 0 Å². The van der Waals surface area contributed by atoms with Crippen molar-refractivity contribution in [3.05, 3.63) is 41.2 Å². The summed E-state index contributed by atoms with van der Waals surface area (Å²) in [5.74, 6) is 0.233. The van der Waals surface area contributed by atoms with Crippen molar-refractivity contribution in [3.63, 3.8) is 0 Å². The summed E-state index contributed by atoms with van der Waals surface area (Å²) in [7, 11) is 0. The number of carboxylic acid groups (broad SMARTS) is 1. The second-order valence-electron chi connectivity index (χ2n) is 22.1. The van der Waals surface area contributed by atoms with Gasteiger partial charge in [0, 0.05) is 24.4 Å². The molecule has 0 aromatic carbocycles. The third-order valence-electron chi connectivity index (χ3n) is 16.7. The lowest BCUT2D eigenvalue weighted by molar-refractivity contribution is -0.233. The Hall–Kier alpha value is -3.23. The maximum Gasteiger partial charge on any atom is 0.410 e. The van der Waals surface area contributed by atoms with Crippen LogP contribution < -0.4 is 0 Å². The van der Waals surface area contributed by atoms with Gasteiger partial charge in [0.05, 0.1) is 23.8 Å². The molecule has 0 saturated heterocycles. The molecule has 0 radical (unpaired) electrons. The number of carboxylic acids is 1. The van der Waals surface area contributed by atoms with Crippen molar-refractivity contribution < 1.29 is 33.8 Å². The number of Topliss-reactive ketones (excluding diaryl/α,β-unsaturated/α-hetero) is 1. The molecule has 1 aromatic rings. The highest BCUT2D eigenvalue weighted by atomic mass is 16.6. The fourth-order valence-electron chi connectivity index (χ4n) is 13.5. The molecule has 1 N–H and O–H groups in total. The van der Waals surface area contributed by atoms with Gasteiger partial charge in [-0.3, -0.25) is 24.3 Å². The van der Waals surface area contributed by atoms with Gasteiger partial charge in [0.1, 0.15) is 11.7 Å². The van der Waals surface area contributed by atoms with Crippen molar-refractivity contribution in [1.82, 2.24) is 9.88 Å². The number of nitrogens with zero attached hydrogens (tertiary/aromatic N) is 2. The number of ketones is 1. The zero-order valence-electron chi connectivity index (χ0n) is 37.2. The topological polar surface area (TPSA) is 123 Å². The number of carbonyl (C=O) groups is 4. The van der Waals surface area contributed by atoms with E-state index in [9.17, 15) is 19.5 Å². The number of allylic oxidation sites excluding steroid dienone is 2. The molecular formula is C48H72N2O7. The van der Waals surface area contributed by atoms with Crippen LogP contribution in [0.3, 0.4) is 0 Å². The van der Waals surface area contributed by atoms with Crippen LogP contribution in [0.2, 0.25) is 0 Å². The summed E-state index contributed by atoms with van der Waals surface area (Å²) in [6.45, 7) is 25.9. The molecule has 1 heterocycles. The van der Waals surface area contributed by atoms with E-state index in [4.69, 9.17) is 9.47 Å². The molecule has 0 bridgehead atoms. The van der Waals surface area contributed by atoms with E-state index < -0.39 is 34.5 Å². The number of rotatable bonds is 10. The molecule has 4 saturated carbocycles. The second-order valence-corrected chi connectivity index (χ2v) is 22.1. The number of hydrogen-bond acceptors (Lipinski definition) is 7. The SMILES string of the molecule is CC(C)C1=C2[C@H]3CC[C@@H]4[C@@]5(C)CC[C@H](OC(=O)CC(C)(C)C(=O)O)C(C)(C)[C@@H]5CC[C@@]4(C)[C@]3(C)CC[C@@]2(C(=O)CN(Cc2ccncc2)C(=O)OC(C)(C)C)CC1. The normalized spacial score (nSPS) is 34.7. The van der Waals surface area contributed by atoms with E-state index in [0.29, 0.717) is 23.7 Å². The molecule has 0 aliphatic heterocycles. The van der Waals surface area contributed by atoms with Crippen molar-refractivity contribution >= 4 is 23.8 Å². The number of aromatic nitrogens is 1. The van der Waals surface area contributed by atoms with Crippen LogP contribution in [0, 0.1) is 56.2 Å². The first-order valence-corrected chi connectivity index (χ1v) is 21.9. The first-order valence-electron chi connectivity index (χ1n) is 21.9. The standard InChI is InChI=1S/C48H72N2O7/c1-30(2)32-15-22-48(36(51)29-50(41(55)57-42(3,4)5)28-31-18-25-49-26-19-31)24-23-46(11)33(39(32)48)13-14-35-45(10)20-17-37(56-38(52)27-43(6,7)40(53)54)44(8,9)34(45)16-21-47(35,46)12/h18-19,25-26,30,33-35,37H,13-17,20-24,27-29H2,1-12H3,(H,53,54)/t33-,34+,35-,37+,45+,46-,47-,48-/m1/s1. The second kappa shape index (κ2) is 14.8. The maximum absolute atomic E-state index is 15.1. The highest BCUT2D eigenvalue weighted by Gasteiger charge is 2.70. The van der Waals surface area contributed by atoms with Gasteiger partial charge >= 0.3 is 18.0 Å². The summed E-state index contributed by atoms with van der Waals surface area (Å²) in [6.07, 6.45) is 12.2. The summed E-state index contributed by atoms with van der Waals surface area (Å²) in [5.41, 5.74) is 1.23. The average Bonchev–Trinajstić information content (AvgIpc) is 3.50. The molecule has 9 heteroatoms. The molecule has 6 rings (SSSR count). The number of aliphatic carboxylic acids is 1. The minimum atomic E-state index is -1.17. The van der Waals surface area contributed by atoms with Gasteiger partial charge < -0.3 is 14.6 Å². The molecule has 316 valence electrons. The number of amides is 1. The first kappa shape index (κ1) is 43.4. The summed E-state index contributed by atoms with van der Waals surface area (Å²) >= 11 is 0. The van der Waals surface area contributed by atoms with Crippen molar-refractivity contribution in [2.45, 2.75) is 172 Å². The summed E-state index contributed by atoms with van der Waals surface area (Å²) < 4.78 is 12.1. The van der Waals surface area contributed by atoms with Crippen LogP contribution in [0.15, 0.2) is 35.7 Å². The molecular weight excluding hydrogens is 717 g/mol. The predicted octanol–water partition coefficient (Wildman–Crippen LogP) is 10.6. The van der Waals surface area contributed by atoms with Crippen molar-refractivity contribution in [2.75, 3.05) is 6.54 Å². The Morgan fingerprint density at radius 2 is 1.53 bits per heavy atom. The summed E-state index contributed by atoms with van der Waals surface area (Å²) in [6, 6.07) is 3.78. The number of carbonyl (C=O) groups excluding carboxylic acids is 3. The van der Waals surface area contributed by atoms with Crippen molar-refractivity contribution in [1.29, 1.82) is 0 Å². The molecule has 5 aliphatic carbocycles. The van der Waals surface area contributed by atoms with Crippen LogP contribution in [0.5, 0.6) is 0 Å². The molecule has 8 atom stereocenters. The van der Waals surface area contributed by atoms with E-state index in [0.717, 1.165) is 69.8 Å². The largest absolute Gasteiger partial charge is 0.481 e. The molecule has 4 fully saturated rings. The van der Waals surface area contributed by atoms with Gasteiger partial charge in [-0.15, -0.1) is 0 Å². The van der Waals surface area contributed by atoms with Crippen molar-refractivity contribution in [2.24, 2.45) is 56.2 Å². The van der Waals surface area contributed by atoms with E-state index >= 15 is 4.79 Å². The Labute approximate surface area is 342 Å². The minimum Gasteiger partial charge on any atom is -0.481 e.